The summed E-state index contributed by atoms with van der Waals surface area (Å²) in [6, 6.07) is 17.5. The first kappa shape index (κ1) is 20.2. The Morgan fingerprint density at radius 3 is 2.36 bits per heavy atom. The van der Waals surface area contributed by atoms with Crippen LogP contribution in [0.2, 0.25) is 0 Å². The minimum atomic E-state index is 0. The highest BCUT2D eigenvalue weighted by molar-refractivity contribution is 9.10. The summed E-state index contributed by atoms with van der Waals surface area (Å²) in [5.41, 5.74) is 10.1. The van der Waals surface area contributed by atoms with Gasteiger partial charge in [0.05, 0.1) is 0 Å². The molecule has 2 N–H and O–H groups in total. The SMILES string of the molecule is CC(N)Cc1ccc(Br)cc1N1CCN(Cc2ccccc2)CC1.Cl. The first-order chi connectivity index (χ1) is 11.6. The zero-order valence-electron chi connectivity index (χ0n) is 14.7. The van der Waals surface area contributed by atoms with E-state index in [9.17, 15) is 0 Å². The third kappa shape index (κ3) is 5.71. The fraction of sp³-hybridized carbons (Fsp3) is 0.400. The quantitative estimate of drug-likeness (QED) is 0.785. The van der Waals surface area contributed by atoms with Crippen molar-refractivity contribution >= 4 is 34.0 Å². The highest BCUT2D eigenvalue weighted by Crippen LogP contribution is 2.27. The predicted molar refractivity (Wildman–Crippen MR) is 113 cm³/mol. The molecule has 0 amide bonds. The van der Waals surface area contributed by atoms with Crippen molar-refractivity contribution in [2.45, 2.75) is 25.9 Å². The second-order valence-electron chi connectivity index (χ2n) is 6.70. The van der Waals surface area contributed by atoms with Crippen LogP contribution in [0.5, 0.6) is 0 Å². The molecule has 3 rings (SSSR count). The van der Waals surface area contributed by atoms with Gasteiger partial charge in [-0.25, -0.2) is 0 Å². The highest BCUT2D eigenvalue weighted by Gasteiger charge is 2.20. The Hall–Kier alpha value is -1.07. The van der Waals surface area contributed by atoms with Gasteiger partial charge in [-0.05, 0) is 36.6 Å². The number of halogens is 2. The fourth-order valence-electron chi connectivity index (χ4n) is 3.34. The molecule has 1 atom stereocenters. The van der Waals surface area contributed by atoms with E-state index in [1.165, 1.54) is 16.8 Å². The molecular weight excluding hydrogens is 398 g/mol. The van der Waals surface area contributed by atoms with Crippen LogP contribution in [0.15, 0.2) is 53.0 Å². The molecule has 2 aromatic rings. The molecule has 1 saturated heterocycles. The van der Waals surface area contributed by atoms with Gasteiger partial charge < -0.3 is 10.6 Å². The van der Waals surface area contributed by atoms with Crippen molar-refractivity contribution in [2.75, 3.05) is 31.1 Å². The Labute approximate surface area is 165 Å². The third-order valence-electron chi connectivity index (χ3n) is 4.55. The van der Waals surface area contributed by atoms with Gasteiger partial charge >= 0.3 is 0 Å². The monoisotopic (exact) mass is 423 g/mol. The smallest absolute Gasteiger partial charge is 0.0411 e. The van der Waals surface area contributed by atoms with E-state index in [4.69, 9.17) is 5.73 Å². The Bertz CT molecular complexity index is 655. The lowest BCUT2D eigenvalue weighted by molar-refractivity contribution is 0.249. The fourth-order valence-corrected chi connectivity index (χ4v) is 3.69. The molecule has 1 heterocycles. The maximum Gasteiger partial charge on any atom is 0.0411 e. The molecule has 0 aromatic heterocycles. The summed E-state index contributed by atoms with van der Waals surface area (Å²) in [5.74, 6) is 0. The predicted octanol–water partition coefficient (Wildman–Crippen LogP) is 4.08. The number of rotatable bonds is 5. The lowest BCUT2D eigenvalue weighted by Gasteiger charge is -2.37. The molecule has 0 bridgehead atoms. The van der Waals surface area contributed by atoms with Crippen molar-refractivity contribution < 1.29 is 0 Å². The second kappa shape index (κ2) is 9.58. The van der Waals surface area contributed by atoms with E-state index in [0.29, 0.717) is 0 Å². The Balaban J connectivity index is 0.00000225. The summed E-state index contributed by atoms with van der Waals surface area (Å²) in [7, 11) is 0. The lowest BCUT2D eigenvalue weighted by Crippen LogP contribution is -2.46. The van der Waals surface area contributed by atoms with E-state index in [1.54, 1.807) is 0 Å². The Morgan fingerprint density at radius 1 is 1.04 bits per heavy atom. The first-order valence-electron chi connectivity index (χ1n) is 8.67. The Kier molecular flexibility index (Phi) is 7.76. The molecule has 1 aliphatic heterocycles. The van der Waals surface area contributed by atoms with Crippen LogP contribution in [0, 0.1) is 0 Å². The van der Waals surface area contributed by atoms with Gasteiger partial charge in [0.1, 0.15) is 0 Å². The number of anilines is 1. The standard InChI is InChI=1S/C20H26BrN3.ClH/c1-16(22)13-18-7-8-19(21)14-20(18)24-11-9-23(10-12-24)15-17-5-3-2-4-6-17;/h2-8,14,16H,9-13,15,22H2,1H3;1H. The van der Waals surface area contributed by atoms with E-state index in [1.807, 2.05) is 0 Å². The molecule has 0 saturated carbocycles. The van der Waals surface area contributed by atoms with Crippen molar-refractivity contribution in [2.24, 2.45) is 5.73 Å². The van der Waals surface area contributed by atoms with E-state index in [-0.39, 0.29) is 18.4 Å². The molecule has 136 valence electrons. The molecule has 1 aliphatic rings. The van der Waals surface area contributed by atoms with E-state index < -0.39 is 0 Å². The molecule has 2 aromatic carbocycles. The normalized spacial score (nSPS) is 16.4. The first-order valence-corrected chi connectivity index (χ1v) is 9.46. The van der Waals surface area contributed by atoms with Crippen molar-refractivity contribution in [3.8, 4) is 0 Å². The van der Waals surface area contributed by atoms with Gasteiger partial charge in [-0.1, -0.05) is 52.3 Å². The molecule has 0 radical (unpaired) electrons. The minimum absolute atomic E-state index is 0. The summed E-state index contributed by atoms with van der Waals surface area (Å²) in [4.78, 5) is 5.04. The van der Waals surface area contributed by atoms with Crippen LogP contribution >= 0.6 is 28.3 Å². The molecular formula is C20H27BrClN3. The van der Waals surface area contributed by atoms with Gasteiger partial charge in [0.15, 0.2) is 0 Å². The number of hydrogen-bond donors (Lipinski definition) is 1. The molecule has 3 nitrogen and oxygen atoms in total. The summed E-state index contributed by atoms with van der Waals surface area (Å²) < 4.78 is 1.14. The third-order valence-corrected chi connectivity index (χ3v) is 5.04. The van der Waals surface area contributed by atoms with Crippen LogP contribution < -0.4 is 10.6 Å². The van der Waals surface area contributed by atoms with Gasteiger partial charge in [0, 0.05) is 48.9 Å². The highest BCUT2D eigenvalue weighted by atomic mass is 79.9. The van der Waals surface area contributed by atoms with Gasteiger partial charge in [0.25, 0.3) is 0 Å². The lowest BCUT2D eigenvalue weighted by atomic mass is 10.0. The number of nitrogens with two attached hydrogens (primary N) is 1. The van der Waals surface area contributed by atoms with Crippen LogP contribution in [0.25, 0.3) is 0 Å². The van der Waals surface area contributed by atoms with Gasteiger partial charge in [-0.15, -0.1) is 12.4 Å². The topological polar surface area (TPSA) is 32.5 Å². The maximum absolute atomic E-state index is 6.03. The van der Waals surface area contributed by atoms with Crippen molar-refractivity contribution in [1.29, 1.82) is 0 Å². The van der Waals surface area contributed by atoms with Crippen LogP contribution in [-0.4, -0.2) is 37.1 Å². The van der Waals surface area contributed by atoms with Crippen LogP contribution in [0.1, 0.15) is 18.1 Å². The molecule has 25 heavy (non-hydrogen) atoms. The summed E-state index contributed by atoms with van der Waals surface area (Å²) in [6.45, 7) is 7.44. The van der Waals surface area contributed by atoms with E-state index >= 15 is 0 Å². The summed E-state index contributed by atoms with van der Waals surface area (Å²) in [5, 5.41) is 0. The summed E-state index contributed by atoms with van der Waals surface area (Å²) in [6.07, 6.45) is 0.923. The number of hydrogen-bond acceptors (Lipinski definition) is 3. The largest absolute Gasteiger partial charge is 0.369 e. The zero-order valence-corrected chi connectivity index (χ0v) is 17.1. The molecule has 5 heteroatoms. The van der Waals surface area contributed by atoms with Crippen molar-refractivity contribution in [1.82, 2.24) is 4.90 Å². The number of piperazine rings is 1. The van der Waals surface area contributed by atoms with Crippen molar-refractivity contribution in [3.05, 3.63) is 64.1 Å². The van der Waals surface area contributed by atoms with Gasteiger partial charge in [0.2, 0.25) is 0 Å². The summed E-state index contributed by atoms with van der Waals surface area (Å²) >= 11 is 3.62. The minimum Gasteiger partial charge on any atom is -0.369 e. The zero-order chi connectivity index (χ0) is 16.9. The average molecular weight is 425 g/mol. The Morgan fingerprint density at radius 2 is 1.72 bits per heavy atom. The van der Waals surface area contributed by atoms with Crippen LogP contribution in [-0.2, 0) is 13.0 Å². The van der Waals surface area contributed by atoms with E-state index in [0.717, 1.165) is 43.6 Å². The van der Waals surface area contributed by atoms with Gasteiger partial charge in [-0.3, -0.25) is 4.90 Å². The van der Waals surface area contributed by atoms with Gasteiger partial charge in [-0.2, -0.15) is 0 Å². The second-order valence-corrected chi connectivity index (χ2v) is 7.62. The molecule has 0 aliphatic carbocycles. The molecule has 1 fully saturated rings. The molecule has 1 unspecified atom stereocenters. The molecule has 0 spiro atoms. The van der Waals surface area contributed by atoms with Crippen LogP contribution in [0.4, 0.5) is 5.69 Å². The average Bonchev–Trinajstić information content (AvgIpc) is 2.58. The maximum atomic E-state index is 6.03. The van der Waals surface area contributed by atoms with Crippen molar-refractivity contribution in [3.63, 3.8) is 0 Å². The van der Waals surface area contributed by atoms with Crippen LogP contribution in [0.3, 0.4) is 0 Å². The van der Waals surface area contributed by atoms with E-state index in [2.05, 4.69) is 81.2 Å². The number of nitrogens with zero attached hydrogens (tertiary/aromatic N) is 2. The number of benzene rings is 2.